The summed E-state index contributed by atoms with van der Waals surface area (Å²) in [4.78, 5) is 24.0. The molecule has 10 heteroatoms. The van der Waals surface area contributed by atoms with E-state index >= 15 is 0 Å². The van der Waals surface area contributed by atoms with Crippen molar-refractivity contribution in [1.82, 2.24) is 40.0 Å². The van der Waals surface area contributed by atoms with Crippen LogP contribution in [-0.4, -0.2) is 72.6 Å². The van der Waals surface area contributed by atoms with Crippen molar-refractivity contribution < 1.29 is 9.18 Å². The molecule has 0 bridgehead atoms. The number of aromatic nitrogens is 6. The summed E-state index contributed by atoms with van der Waals surface area (Å²) in [6.07, 6.45) is 2.93. The molecule has 1 aliphatic heterocycles. The Hall–Kier alpha value is -2.88. The van der Waals surface area contributed by atoms with Gasteiger partial charge in [0, 0.05) is 20.0 Å². The zero-order valence-electron chi connectivity index (χ0n) is 15.8. The largest absolute Gasteiger partial charge is 0.344 e. The number of aromatic amines is 1. The van der Waals surface area contributed by atoms with Gasteiger partial charge in [0.05, 0.1) is 17.6 Å². The molecule has 1 aromatic carbocycles. The number of hydrogen-bond acceptors (Lipinski definition) is 6. The van der Waals surface area contributed by atoms with E-state index in [4.69, 9.17) is 0 Å². The lowest BCUT2D eigenvalue weighted by Gasteiger charge is -2.17. The van der Waals surface area contributed by atoms with Gasteiger partial charge in [0.2, 0.25) is 5.91 Å². The first-order valence-corrected chi connectivity index (χ1v) is 9.44. The van der Waals surface area contributed by atoms with Crippen molar-refractivity contribution in [3.8, 4) is 0 Å². The van der Waals surface area contributed by atoms with Crippen LogP contribution in [0.3, 0.4) is 0 Å². The average Bonchev–Trinajstić information content (AvgIpc) is 3.41. The minimum Gasteiger partial charge on any atom is -0.344 e. The Kier molecular flexibility index (Phi) is 5.29. The van der Waals surface area contributed by atoms with Gasteiger partial charge in [0.1, 0.15) is 18.2 Å². The first-order chi connectivity index (χ1) is 13.6. The molecule has 0 saturated carbocycles. The number of carbonyl (C=O) groups excluding carboxylic acids is 1. The number of imidazole rings is 1. The number of carbonyl (C=O) groups is 1. The molecular weight excluding hydrogens is 363 g/mol. The predicted molar refractivity (Wildman–Crippen MR) is 99.7 cm³/mol. The number of likely N-dealkylation sites (N-methyl/N-ethyl adjacent to an activating group) is 1. The van der Waals surface area contributed by atoms with Gasteiger partial charge < -0.3 is 9.88 Å². The van der Waals surface area contributed by atoms with Gasteiger partial charge in [-0.3, -0.25) is 9.69 Å². The highest BCUT2D eigenvalue weighted by atomic mass is 19.1. The summed E-state index contributed by atoms with van der Waals surface area (Å²) in [6.45, 7) is 3.35. The van der Waals surface area contributed by atoms with Gasteiger partial charge in [0.15, 0.2) is 5.82 Å². The normalized spacial score (nSPS) is 14.8. The molecule has 2 aromatic heterocycles. The van der Waals surface area contributed by atoms with Crippen LogP contribution in [0, 0.1) is 5.82 Å². The highest BCUT2D eigenvalue weighted by Crippen LogP contribution is 2.13. The number of amides is 1. The maximum Gasteiger partial charge on any atom is 0.244 e. The molecule has 1 amide bonds. The van der Waals surface area contributed by atoms with Gasteiger partial charge in [-0.05, 0) is 54.6 Å². The number of rotatable bonds is 7. The molecule has 3 heterocycles. The van der Waals surface area contributed by atoms with Crippen LogP contribution in [-0.2, 0) is 24.3 Å². The van der Waals surface area contributed by atoms with Crippen molar-refractivity contribution in [1.29, 1.82) is 0 Å². The van der Waals surface area contributed by atoms with Gasteiger partial charge in [-0.1, -0.05) is 0 Å². The van der Waals surface area contributed by atoms with E-state index in [-0.39, 0.29) is 18.3 Å². The van der Waals surface area contributed by atoms with Crippen molar-refractivity contribution in [2.45, 2.75) is 32.4 Å². The zero-order chi connectivity index (χ0) is 19.5. The highest BCUT2D eigenvalue weighted by Gasteiger charge is 2.18. The fourth-order valence-electron chi connectivity index (χ4n) is 3.40. The van der Waals surface area contributed by atoms with Crippen LogP contribution in [0.2, 0.25) is 0 Å². The van der Waals surface area contributed by atoms with Crippen LogP contribution in [0.4, 0.5) is 4.39 Å². The lowest BCUT2D eigenvalue weighted by atomic mass is 10.3. The first-order valence-electron chi connectivity index (χ1n) is 9.44. The molecule has 1 saturated heterocycles. The SMILES string of the molecule is CN(CCc1nc2ccc(F)cc2[nH]1)C(=O)Cn1nnnc1CN1CCCC1. The molecule has 0 atom stereocenters. The van der Waals surface area contributed by atoms with Crippen LogP contribution < -0.4 is 0 Å². The number of nitrogens with one attached hydrogen (secondary N) is 1. The van der Waals surface area contributed by atoms with Gasteiger partial charge in [0.25, 0.3) is 0 Å². The summed E-state index contributed by atoms with van der Waals surface area (Å²) < 4.78 is 14.9. The minimum absolute atomic E-state index is 0.0721. The van der Waals surface area contributed by atoms with Crippen molar-refractivity contribution in [2.75, 3.05) is 26.7 Å². The second-order valence-electron chi connectivity index (χ2n) is 7.15. The smallest absolute Gasteiger partial charge is 0.244 e. The Bertz CT molecular complexity index is 962. The van der Waals surface area contributed by atoms with Gasteiger partial charge in [-0.2, -0.15) is 0 Å². The molecule has 4 rings (SSSR count). The predicted octanol–water partition coefficient (Wildman–Crippen LogP) is 0.985. The van der Waals surface area contributed by atoms with Crippen LogP contribution in [0.5, 0.6) is 0 Å². The highest BCUT2D eigenvalue weighted by molar-refractivity contribution is 5.76. The van der Waals surface area contributed by atoms with Gasteiger partial charge >= 0.3 is 0 Å². The van der Waals surface area contributed by atoms with Crippen molar-refractivity contribution in [3.63, 3.8) is 0 Å². The van der Waals surface area contributed by atoms with Crippen molar-refractivity contribution in [3.05, 3.63) is 35.7 Å². The Morgan fingerprint density at radius 3 is 2.96 bits per heavy atom. The topological polar surface area (TPSA) is 95.8 Å². The molecule has 28 heavy (non-hydrogen) atoms. The van der Waals surface area contributed by atoms with Gasteiger partial charge in [-0.25, -0.2) is 14.1 Å². The van der Waals surface area contributed by atoms with E-state index in [2.05, 4.69) is 30.4 Å². The fourth-order valence-corrected chi connectivity index (χ4v) is 3.40. The third kappa shape index (κ3) is 4.16. The molecular formula is C18H23FN8O. The fraction of sp³-hybridized carbons (Fsp3) is 0.500. The Morgan fingerprint density at radius 2 is 2.14 bits per heavy atom. The van der Waals surface area contributed by atoms with Crippen molar-refractivity contribution in [2.24, 2.45) is 0 Å². The second-order valence-corrected chi connectivity index (χ2v) is 7.15. The standard InChI is InChI=1S/C18H23FN8O/c1-25(9-6-16-20-14-5-4-13(19)10-15(14)21-16)18(28)12-27-17(22-23-24-27)11-26-7-2-3-8-26/h4-5,10H,2-3,6-9,11-12H2,1H3,(H,20,21). The van der Waals surface area contributed by atoms with E-state index in [0.29, 0.717) is 36.4 Å². The van der Waals surface area contributed by atoms with E-state index in [0.717, 1.165) is 18.9 Å². The monoisotopic (exact) mass is 386 g/mol. The van der Waals surface area contributed by atoms with Crippen LogP contribution in [0.1, 0.15) is 24.5 Å². The average molecular weight is 386 g/mol. The summed E-state index contributed by atoms with van der Waals surface area (Å²) in [5, 5.41) is 11.7. The molecule has 1 N–H and O–H groups in total. The molecule has 1 fully saturated rings. The third-order valence-electron chi connectivity index (χ3n) is 5.06. The number of tetrazole rings is 1. The summed E-state index contributed by atoms with van der Waals surface area (Å²) in [5.74, 6) is 1.05. The van der Waals surface area contributed by atoms with E-state index in [9.17, 15) is 9.18 Å². The van der Waals surface area contributed by atoms with Gasteiger partial charge in [-0.15, -0.1) is 5.10 Å². The van der Waals surface area contributed by atoms with E-state index in [1.165, 1.54) is 25.0 Å². The summed E-state index contributed by atoms with van der Waals surface area (Å²) in [7, 11) is 1.75. The number of halogens is 1. The molecule has 0 unspecified atom stereocenters. The summed E-state index contributed by atoms with van der Waals surface area (Å²) in [6, 6.07) is 4.44. The van der Waals surface area contributed by atoms with E-state index in [1.54, 1.807) is 22.7 Å². The quantitative estimate of drug-likeness (QED) is 0.650. The number of hydrogen-bond donors (Lipinski definition) is 1. The van der Waals surface area contributed by atoms with Crippen LogP contribution in [0.25, 0.3) is 11.0 Å². The first kappa shape index (κ1) is 18.5. The maximum atomic E-state index is 13.3. The summed E-state index contributed by atoms with van der Waals surface area (Å²) >= 11 is 0. The zero-order valence-corrected chi connectivity index (χ0v) is 15.8. The third-order valence-corrected chi connectivity index (χ3v) is 5.06. The summed E-state index contributed by atoms with van der Waals surface area (Å²) in [5.41, 5.74) is 1.37. The number of nitrogens with zero attached hydrogens (tertiary/aromatic N) is 7. The second kappa shape index (κ2) is 8.01. The molecule has 148 valence electrons. The molecule has 3 aromatic rings. The molecule has 9 nitrogen and oxygen atoms in total. The lowest BCUT2D eigenvalue weighted by molar-refractivity contribution is -0.130. The number of likely N-dealkylation sites (tertiary alicyclic amines) is 1. The van der Waals surface area contributed by atoms with Crippen molar-refractivity contribution >= 4 is 16.9 Å². The Balaban J connectivity index is 1.32. The van der Waals surface area contributed by atoms with Crippen LogP contribution >= 0.6 is 0 Å². The van der Waals surface area contributed by atoms with E-state index < -0.39 is 0 Å². The Morgan fingerprint density at radius 1 is 1.32 bits per heavy atom. The maximum absolute atomic E-state index is 13.3. The number of fused-ring (bicyclic) bond motifs is 1. The molecule has 0 spiro atoms. The number of benzene rings is 1. The number of H-pyrrole nitrogens is 1. The molecule has 0 radical (unpaired) electrons. The lowest BCUT2D eigenvalue weighted by Crippen LogP contribution is -2.33. The molecule has 1 aliphatic rings. The Labute approximate surface area is 161 Å². The molecule has 0 aliphatic carbocycles. The van der Waals surface area contributed by atoms with E-state index in [1.807, 2.05) is 0 Å². The van der Waals surface area contributed by atoms with Crippen LogP contribution in [0.15, 0.2) is 18.2 Å². The minimum atomic E-state index is -0.304.